The van der Waals surface area contributed by atoms with Gasteiger partial charge in [-0.15, -0.1) is 0 Å². The molecule has 0 aromatic heterocycles. The predicted octanol–water partition coefficient (Wildman–Crippen LogP) is 3.88. The van der Waals surface area contributed by atoms with Crippen LogP contribution in [0.3, 0.4) is 0 Å². The zero-order chi connectivity index (χ0) is 16.4. The summed E-state index contributed by atoms with van der Waals surface area (Å²) >= 11 is 6.01. The summed E-state index contributed by atoms with van der Waals surface area (Å²) in [6.45, 7) is 0.0206. The quantitative estimate of drug-likeness (QED) is 0.682. The molecule has 2 aromatic carbocycles. The Morgan fingerprint density at radius 1 is 1.13 bits per heavy atom. The monoisotopic (exact) mass is 339 g/mol. The summed E-state index contributed by atoms with van der Waals surface area (Å²) in [5.41, 5.74) is -0.937. The van der Waals surface area contributed by atoms with Gasteiger partial charge in [0.2, 0.25) is 0 Å². The maximum atomic E-state index is 12.9. The molecule has 1 amide bonds. The summed E-state index contributed by atoms with van der Waals surface area (Å²) in [5.74, 6) is 0.0390. The van der Waals surface area contributed by atoms with Gasteiger partial charge in [-0.2, -0.15) is 13.2 Å². The normalized spacial score (nSPS) is 22.3. The Hall–Kier alpha value is -2.21. The fourth-order valence-corrected chi connectivity index (χ4v) is 3.52. The number of fused-ring (bicyclic) bond motifs is 4. The lowest BCUT2D eigenvalue weighted by molar-refractivity contribution is -0.137. The molecule has 7 heteroatoms. The van der Waals surface area contributed by atoms with Crippen molar-refractivity contribution in [1.82, 2.24) is 0 Å². The summed E-state index contributed by atoms with van der Waals surface area (Å²) < 4.78 is 45.1. The van der Waals surface area contributed by atoms with E-state index in [1.54, 1.807) is 24.3 Å². The van der Waals surface area contributed by atoms with Crippen molar-refractivity contribution >= 4 is 23.4 Å². The molecule has 2 aliphatic rings. The molecule has 0 N–H and O–H groups in total. The third-order valence-corrected chi connectivity index (χ3v) is 4.67. The van der Waals surface area contributed by atoms with E-state index in [9.17, 15) is 18.0 Å². The number of ether oxygens (including phenoxy) is 1. The first kappa shape index (κ1) is 14.4. The number of rotatable bonds is 0. The minimum atomic E-state index is -4.50. The Kier molecular flexibility index (Phi) is 2.76. The molecule has 2 heterocycles. The second-order valence-corrected chi connectivity index (χ2v) is 5.84. The highest BCUT2D eigenvalue weighted by atomic mass is 35.5. The molecule has 2 aromatic rings. The molecule has 0 radical (unpaired) electrons. The molecule has 1 spiro atoms. The van der Waals surface area contributed by atoms with Gasteiger partial charge >= 0.3 is 6.18 Å². The number of nitrogens with zero attached hydrogens (tertiary/aromatic N) is 1. The van der Waals surface area contributed by atoms with E-state index in [1.165, 1.54) is 6.07 Å². The van der Waals surface area contributed by atoms with Gasteiger partial charge in [-0.25, -0.2) is 4.42 Å². The number of benzene rings is 2. The van der Waals surface area contributed by atoms with Crippen molar-refractivity contribution in [2.45, 2.75) is 11.6 Å². The maximum Gasteiger partial charge on any atom is 0.416 e. The van der Waals surface area contributed by atoms with Crippen LogP contribution in [0.1, 0.15) is 16.7 Å². The molecular weight excluding hydrogens is 331 g/mol. The molecule has 4 rings (SSSR count). The lowest BCUT2D eigenvalue weighted by atomic mass is 9.77. The standard InChI is InChI=1S/C16H9ClF3NO2/c17-21-12-7-9(16(18,19)20)5-6-10(12)15(14(21)22)8-23-13-4-2-1-3-11(13)15/h1-7H,8H2. The summed E-state index contributed by atoms with van der Waals surface area (Å²) in [6.07, 6.45) is -4.50. The number of carbonyl (C=O) groups is 1. The number of hydrogen-bond donors (Lipinski definition) is 0. The first-order chi connectivity index (χ1) is 10.9. The summed E-state index contributed by atoms with van der Waals surface area (Å²) in [4.78, 5) is 12.7. The summed E-state index contributed by atoms with van der Waals surface area (Å²) in [5, 5.41) is 0. The molecule has 3 nitrogen and oxygen atoms in total. The second kappa shape index (κ2) is 4.41. The molecule has 2 aliphatic heterocycles. The van der Waals surface area contributed by atoms with Gasteiger partial charge in [0.05, 0.1) is 11.3 Å². The second-order valence-electron chi connectivity index (χ2n) is 5.51. The molecule has 1 unspecified atom stereocenters. The lowest BCUT2D eigenvalue weighted by Crippen LogP contribution is -2.39. The maximum absolute atomic E-state index is 12.9. The molecule has 1 atom stereocenters. The fourth-order valence-electron chi connectivity index (χ4n) is 3.23. The Labute approximate surface area is 134 Å². The SMILES string of the molecule is O=C1N(Cl)c2cc(C(F)(F)F)ccc2C12COc1ccccc12. The van der Waals surface area contributed by atoms with Crippen molar-refractivity contribution in [3.8, 4) is 5.75 Å². The third kappa shape index (κ3) is 1.75. The first-order valence-electron chi connectivity index (χ1n) is 6.80. The number of carbonyl (C=O) groups excluding carboxylic acids is 1. The number of hydrogen-bond acceptors (Lipinski definition) is 2. The largest absolute Gasteiger partial charge is 0.491 e. The molecular formula is C16H9ClF3NO2. The first-order valence-corrected chi connectivity index (χ1v) is 7.14. The highest BCUT2D eigenvalue weighted by molar-refractivity contribution is 6.41. The van der Waals surface area contributed by atoms with Crippen LogP contribution in [0, 0.1) is 0 Å². The number of para-hydroxylation sites is 1. The van der Waals surface area contributed by atoms with E-state index < -0.39 is 23.1 Å². The molecule has 23 heavy (non-hydrogen) atoms. The zero-order valence-electron chi connectivity index (χ0n) is 11.5. The van der Waals surface area contributed by atoms with Crippen LogP contribution < -0.4 is 9.16 Å². The Balaban J connectivity index is 1.96. The number of amides is 1. The van der Waals surface area contributed by atoms with Gasteiger partial charge < -0.3 is 4.74 Å². The van der Waals surface area contributed by atoms with Crippen molar-refractivity contribution in [1.29, 1.82) is 0 Å². The topological polar surface area (TPSA) is 29.5 Å². The number of anilines is 1. The van der Waals surface area contributed by atoms with Crippen molar-refractivity contribution in [3.05, 3.63) is 59.2 Å². The predicted molar refractivity (Wildman–Crippen MR) is 77.5 cm³/mol. The molecule has 0 saturated carbocycles. The molecule has 118 valence electrons. The van der Waals surface area contributed by atoms with Gasteiger partial charge in [0, 0.05) is 22.9 Å². The van der Waals surface area contributed by atoms with Crippen molar-refractivity contribution in [2.75, 3.05) is 11.0 Å². The van der Waals surface area contributed by atoms with Crippen LogP contribution in [0.4, 0.5) is 18.9 Å². The van der Waals surface area contributed by atoms with Gasteiger partial charge in [0.15, 0.2) is 0 Å². The van der Waals surface area contributed by atoms with Gasteiger partial charge in [-0.05, 0) is 18.2 Å². The molecule has 0 bridgehead atoms. The average Bonchev–Trinajstić information content (AvgIpc) is 3.01. The van der Waals surface area contributed by atoms with E-state index in [0.29, 0.717) is 16.9 Å². The van der Waals surface area contributed by atoms with Gasteiger partial charge in [-0.3, -0.25) is 4.79 Å². The Morgan fingerprint density at radius 3 is 2.61 bits per heavy atom. The van der Waals surface area contributed by atoms with E-state index in [-0.39, 0.29) is 12.3 Å². The smallest absolute Gasteiger partial charge is 0.416 e. The van der Waals surface area contributed by atoms with Crippen molar-refractivity contribution in [2.24, 2.45) is 0 Å². The average molecular weight is 340 g/mol. The van der Waals surface area contributed by atoms with Crippen LogP contribution in [0.5, 0.6) is 5.75 Å². The molecule has 0 fully saturated rings. The molecule has 0 saturated heterocycles. The number of halogens is 4. The molecule has 0 aliphatic carbocycles. The van der Waals surface area contributed by atoms with Crippen LogP contribution in [0.25, 0.3) is 0 Å². The summed E-state index contributed by atoms with van der Waals surface area (Å²) in [7, 11) is 0. The Morgan fingerprint density at radius 2 is 1.87 bits per heavy atom. The van der Waals surface area contributed by atoms with Crippen LogP contribution >= 0.6 is 11.8 Å². The fraction of sp³-hybridized carbons (Fsp3) is 0.188. The van der Waals surface area contributed by atoms with E-state index in [0.717, 1.165) is 16.6 Å². The number of alkyl halides is 3. The minimum absolute atomic E-state index is 0.0206. The highest BCUT2D eigenvalue weighted by Crippen LogP contribution is 2.53. The van der Waals surface area contributed by atoms with Gasteiger partial charge in [0.1, 0.15) is 17.8 Å². The van der Waals surface area contributed by atoms with Gasteiger partial charge in [0.25, 0.3) is 5.91 Å². The van der Waals surface area contributed by atoms with E-state index in [4.69, 9.17) is 16.5 Å². The van der Waals surface area contributed by atoms with E-state index in [1.807, 2.05) is 0 Å². The van der Waals surface area contributed by atoms with Crippen LogP contribution in [0.2, 0.25) is 0 Å². The van der Waals surface area contributed by atoms with E-state index in [2.05, 4.69) is 0 Å². The van der Waals surface area contributed by atoms with Crippen molar-refractivity contribution < 1.29 is 22.7 Å². The minimum Gasteiger partial charge on any atom is -0.491 e. The Bertz CT molecular complexity index is 836. The van der Waals surface area contributed by atoms with Crippen molar-refractivity contribution in [3.63, 3.8) is 0 Å². The highest BCUT2D eigenvalue weighted by Gasteiger charge is 2.57. The van der Waals surface area contributed by atoms with Crippen LogP contribution in [-0.4, -0.2) is 12.5 Å². The van der Waals surface area contributed by atoms with Crippen LogP contribution in [0.15, 0.2) is 42.5 Å². The zero-order valence-corrected chi connectivity index (χ0v) is 12.3. The lowest BCUT2D eigenvalue weighted by Gasteiger charge is -2.20. The third-order valence-electron chi connectivity index (χ3n) is 4.33. The van der Waals surface area contributed by atoms with Crippen LogP contribution in [-0.2, 0) is 16.4 Å². The summed E-state index contributed by atoms with van der Waals surface area (Å²) in [6, 6.07) is 10.1. The van der Waals surface area contributed by atoms with E-state index >= 15 is 0 Å². The van der Waals surface area contributed by atoms with Gasteiger partial charge in [-0.1, -0.05) is 24.3 Å².